The molecule has 1 fully saturated rings. The Bertz CT molecular complexity index is 522. The molecule has 1 N–H and O–H groups in total. The van der Waals surface area contributed by atoms with E-state index >= 15 is 0 Å². The van der Waals surface area contributed by atoms with Crippen molar-refractivity contribution in [2.75, 3.05) is 0 Å². The number of benzene rings is 1. The fraction of sp³-hybridized carbons (Fsp3) is 0.538. The summed E-state index contributed by atoms with van der Waals surface area (Å²) in [5.74, 6) is 0. The highest BCUT2D eigenvalue weighted by Gasteiger charge is 2.21. The number of nitrogens with one attached hydrogen (secondary N) is 1. The molecule has 0 saturated heterocycles. The Balaban J connectivity index is 2.16. The molecule has 0 radical (unpaired) electrons. The first kappa shape index (κ1) is 14.3. The minimum atomic E-state index is -3.35. The largest absolute Gasteiger partial charge is 0.240 e. The van der Waals surface area contributed by atoms with Crippen LogP contribution in [0.5, 0.6) is 0 Å². The van der Waals surface area contributed by atoms with Crippen LogP contribution in [0.25, 0.3) is 0 Å². The van der Waals surface area contributed by atoms with Crippen LogP contribution in [-0.4, -0.2) is 14.5 Å². The van der Waals surface area contributed by atoms with Crippen LogP contribution in [0.3, 0.4) is 0 Å². The maximum absolute atomic E-state index is 12.3. The summed E-state index contributed by atoms with van der Waals surface area (Å²) in [5, 5.41) is 0. The van der Waals surface area contributed by atoms with Gasteiger partial charge in [-0.25, -0.2) is 13.1 Å². The van der Waals surface area contributed by atoms with Crippen LogP contribution < -0.4 is 4.72 Å². The van der Waals surface area contributed by atoms with E-state index in [2.05, 4.69) is 27.3 Å². The van der Waals surface area contributed by atoms with Crippen molar-refractivity contribution < 1.29 is 8.42 Å². The number of sulfonamides is 1. The first-order valence-corrected chi connectivity index (χ1v) is 8.84. The molecule has 0 aliphatic heterocycles. The molecule has 0 bridgehead atoms. The molecule has 3 nitrogen and oxygen atoms in total. The molecule has 0 spiro atoms. The molecule has 0 amide bonds. The quantitative estimate of drug-likeness (QED) is 0.820. The highest BCUT2D eigenvalue weighted by atomic mass is 127. The van der Waals surface area contributed by atoms with Gasteiger partial charge in [-0.2, -0.15) is 0 Å². The lowest BCUT2D eigenvalue weighted by Gasteiger charge is -2.22. The van der Waals surface area contributed by atoms with Gasteiger partial charge in [-0.05, 0) is 66.1 Å². The van der Waals surface area contributed by atoms with Crippen LogP contribution in [-0.2, 0) is 10.0 Å². The second-order valence-corrected chi connectivity index (χ2v) is 7.74. The Morgan fingerprint density at radius 1 is 1.22 bits per heavy atom. The van der Waals surface area contributed by atoms with Gasteiger partial charge in [0.15, 0.2) is 0 Å². The average Bonchev–Trinajstić information content (AvgIpc) is 2.33. The van der Waals surface area contributed by atoms with Gasteiger partial charge in [0, 0.05) is 9.61 Å². The summed E-state index contributed by atoms with van der Waals surface area (Å²) in [6.45, 7) is 1.93. The van der Waals surface area contributed by atoms with Crippen molar-refractivity contribution in [3.8, 4) is 0 Å². The van der Waals surface area contributed by atoms with E-state index in [0.29, 0.717) is 4.90 Å². The minimum absolute atomic E-state index is 0.114. The van der Waals surface area contributed by atoms with Gasteiger partial charge in [0.05, 0.1) is 4.90 Å². The van der Waals surface area contributed by atoms with Gasteiger partial charge in [0.25, 0.3) is 0 Å². The summed E-state index contributed by atoms with van der Waals surface area (Å²) in [5.41, 5.74) is 1.00. The third kappa shape index (κ3) is 3.45. The number of halogens is 1. The maximum Gasteiger partial charge on any atom is 0.240 e. The van der Waals surface area contributed by atoms with Crippen molar-refractivity contribution >= 4 is 32.6 Å². The normalized spacial score (nSPS) is 17.9. The molecule has 5 heteroatoms. The van der Waals surface area contributed by atoms with Crippen LogP contribution in [0.2, 0.25) is 0 Å². The number of rotatable bonds is 3. The summed E-state index contributed by atoms with van der Waals surface area (Å²) < 4.78 is 28.4. The predicted octanol–water partition coefficient (Wildman–Crippen LogP) is 3.21. The van der Waals surface area contributed by atoms with E-state index in [1.165, 1.54) is 6.42 Å². The molecule has 0 aromatic heterocycles. The van der Waals surface area contributed by atoms with Crippen molar-refractivity contribution in [1.82, 2.24) is 4.72 Å². The molecule has 1 aliphatic rings. The average molecular weight is 379 g/mol. The highest BCUT2D eigenvalue weighted by Crippen LogP contribution is 2.21. The standard InChI is InChI=1S/C13H18INO2S/c1-10-9-12(7-8-13(10)14)18(16,17)15-11-5-3-2-4-6-11/h7-9,11,15H,2-6H2,1H3. The smallest absolute Gasteiger partial charge is 0.208 e. The van der Waals surface area contributed by atoms with Gasteiger partial charge in [0.1, 0.15) is 0 Å². The van der Waals surface area contributed by atoms with E-state index in [1.54, 1.807) is 12.1 Å². The van der Waals surface area contributed by atoms with Crippen molar-refractivity contribution in [2.24, 2.45) is 0 Å². The first-order chi connectivity index (χ1) is 8.49. The summed E-state index contributed by atoms with van der Waals surface area (Å²) in [7, 11) is -3.35. The second kappa shape index (κ2) is 5.88. The molecular formula is C13H18INO2S. The van der Waals surface area contributed by atoms with E-state index in [4.69, 9.17) is 0 Å². The minimum Gasteiger partial charge on any atom is -0.208 e. The summed E-state index contributed by atoms with van der Waals surface area (Å²) in [4.78, 5) is 0.381. The zero-order chi connectivity index (χ0) is 13.2. The number of hydrogen-bond acceptors (Lipinski definition) is 2. The van der Waals surface area contributed by atoms with Crippen molar-refractivity contribution in [3.05, 3.63) is 27.3 Å². The topological polar surface area (TPSA) is 46.2 Å². The Morgan fingerprint density at radius 2 is 1.89 bits per heavy atom. The molecule has 1 aromatic carbocycles. The Hall–Kier alpha value is -0.140. The lowest BCUT2D eigenvalue weighted by molar-refractivity contribution is 0.412. The van der Waals surface area contributed by atoms with E-state index in [0.717, 1.165) is 34.8 Å². The maximum atomic E-state index is 12.3. The van der Waals surface area contributed by atoms with Crippen molar-refractivity contribution in [1.29, 1.82) is 0 Å². The van der Waals surface area contributed by atoms with Gasteiger partial charge in [-0.3, -0.25) is 0 Å². The van der Waals surface area contributed by atoms with Gasteiger partial charge < -0.3 is 0 Å². The van der Waals surface area contributed by atoms with Crippen molar-refractivity contribution in [3.63, 3.8) is 0 Å². The molecule has 100 valence electrons. The van der Waals surface area contributed by atoms with Crippen LogP contribution >= 0.6 is 22.6 Å². The molecule has 1 aromatic rings. The summed E-state index contributed by atoms with van der Waals surface area (Å²) in [6, 6.07) is 5.39. The third-order valence-electron chi connectivity index (χ3n) is 3.37. The Morgan fingerprint density at radius 3 is 2.50 bits per heavy atom. The van der Waals surface area contributed by atoms with Crippen molar-refractivity contribution in [2.45, 2.75) is 50.0 Å². The van der Waals surface area contributed by atoms with Gasteiger partial charge in [0.2, 0.25) is 10.0 Å². The molecule has 0 heterocycles. The molecular weight excluding hydrogens is 361 g/mol. The first-order valence-electron chi connectivity index (χ1n) is 6.27. The van der Waals surface area contributed by atoms with E-state index in [9.17, 15) is 8.42 Å². The molecule has 18 heavy (non-hydrogen) atoms. The number of aryl methyl sites for hydroxylation is 1. The summed E-state index contributed by atoms with van der Waals surface area (Å²) in [6.07, 6.45) is 5.39. The van der Waals surface area contributed by atoms with Crippen LogP contribution in [0.4, 0.5) is 0 Å². The fourth-order valence-electron chi connectivity index (χ4n) is 2.29. The summed E-state index contributed by atoms with van der Waals surface area (Å²) >= 11 is 2.21. The second-order valence-electron chi connectivity index (χ2n) is 4.87. The van der Waals surface area contributed by atoms with E-state index in [-0.39, 0.29) is 6.04 Å². The fourth-order valence-corrected chi connectivity index (χ4v) is 4.02. The molecule has 1 saturated carbocycles. The third-order valence-corrected chi connectivity index (χ3v) is 6.10. The molecule has 0 atom stereocenters. The monoisotopic (exact) mass is 379 g/mol. The van der Waals surface area contributed by atoms with Gasteiger partial charge >= 0.3 is 0 Å². The van der Waals surface area contributed by atoms with Crippen LogP contribution in [0, 0.1) is 10.5 Å². The van der Waals surface area contributed by atoms with E-state index in [1.807, 2.05) is 13.0 Å². The SMILES string of the molecule is Cc1cc(S(=O)(=O)NC2CCCCC2)ccc1I. The number of hydrogen-bond donors (Lipinski definition) is 1. The zero-order valence-electron chi connectivity index (χ0n) is 10.4. The van der Waals surface area contributed by atoms with Crippen LogP contribution in [0.15, 0.2) is 23.1 Å². The lowest BCUT2D eigenvalue weighted by atomic mass is 9.96. The lowest BCUT2D eigenvalue weighted by Crippen LogP contribution is -2.36. The van der Waals surface area contributed by atoms with Crippen LogP contribution in [0.1, 0.15) is 37.7 Å². The molecule has 2 rings (SSSR count). The predicted molar refractivity (Wildman–Crippen MR) is 81.1 cm³/mol. The van der Waals surface area contributed by atoms with Gasteiger partial charge in [-0.1, -0.05) is 19.3 Å². The molecule has 0 unspecified atom stereocenters. The molecule has 1 aliphatic carbocycles. The Labute approximate surface area is 123 Å². The van der Waals surface area contributed by atoms with Gasteiger partial charge in [-0.15, -0.1) is 0 Å². The highest BCUT2D eigenvalue weighted by molar-refractivity contribution is 14.1. The Kier molecular flexibility index (Phi) is 4.66. The zero-order valence-corrected chi connectivity index (χ0v) is 13.4. The van der Waals surface area contributed by atoms with E-state index < -0.39 is 10.0 Å².